The SMILES string of the molecule is CN(C)C[C@H]1[C@@H]2CC[C@@]3(CN(c4ccnc5[nH]ncc45)C[C@@H]13)O2. The van der Waals surface area contributed by atoms with Gasteiger partial charge in [0.15, 0.2) is 5.65 Å². The molecule has 3 aliphatic rings. The highest BCUT2D eigenvalue weighted by molar-refractivity contribution is 5.88. The van der Waals surface area contributed by atoms with E-state index in [4.69, 9.17) is 4.74 Å². The molecule has 0 amide bonds. The van der Waals surface area contributed by atoms with E-state index in [1.165, 1.54) is 18.5 Å². The maximum absolute atomic E-state index is 6.54. The molecule has 0 aromatic carbocycles. The molecule has 3 saturated heterocycles. The van der Waals surface area contributed by atoms with Gasteiger partial charge in [-0.25, -0.2) is 4.98 Å². The van der Waals surface area contributed by atoms with E-state index in [9.17, 15) is 0 Å². The summed E-state index contributed by atoms with van der Waals surface area (Å²) in [5, 5.41) is 8.24. The number of pyridine rings is 1. The molecule has 2 aromatic heterocycles. The third kappa shape index (κ3) is 1.88. The van der Waals surface area contributed by atoms with Crippen LogP contribution in [-0.4, -0.2) is 65.5 Å². The monoisotopic (exact) mass is 313 g/mol. The fourth-order valence-electron chi connectivity index (χ4n) is 5.15. The van der Waals surface area contributed by atoms with Gasteiger partial charge in [0.05, 0.1) is 29.0 Å². The lowest BCUT2D eigenvalue weighted by Crippen LogP contribution is -2.40. The van der Waals surface area contributed by atoms with E-state index in [0.29, 0.717) is 17.9 Å². The molecule has 3 fully saturated rings. The smallest absolute Gasteiger partial charge is 0.157 e. The summed E-state index contributed by atoms with van der Waals surface area (Å²) < 4.78 is 6.54. The van der Waals surface area contributed by atoms with Crippen LogP contribution in [0.25, 0.3) is 11.0 Å². The number of anilines is 1. The molecule has 5 heterocycles. The molecule has 1 N–H and O–H groups in total. The van der Waals surface area contributed by atoms with E-state index in [-0.39, 0.29) is 5.60 Å². The highest BCUT2D eigenvalue weighted by Gasteiger charge is 2.62. The first-order valence-corrected chi connectivity index (χ1v) is 8.52. The minimum absolute atomic E-state index is 0.0741. The second kappa shape index (κ2) is 4.68. The molecule has 5 rings (SSSR count). The van der Waals surface area contributed by atoms with Crippen molar-refractivity contribution in [2.75, 3.05) is 38.6 Å². The van der Waals surface area contributed by atoms with Crippen molar-refractivity contribution in [3.63, 3.8) is 0 Å². The maximum Gasteiger partial charge on any atom is 0.157 e. The number of ether oxygens (including phenoxy) is 1. The number of fused-ring (bicyclic) bond motifs is 2. The molecule has 2 bridgehead atoms. The third-order valence-electron chi connectivity index (χ3n) is 6.03. The molecule has 0 saturated carbocycles. The van der Waals surface area contributed by atoms with Gasteiger partial charge in [-0.15, -0.1) is 0 Å². The van der Waals surface area contributed by atoms with E-state index in [1.54, 1.807) is 0 Å². The molecule has 1 spiro atoms. The van der Waals surface area contributed by atoms with Crippen molar-refractivity contribution in [3.05, 3.63) is 18.5 Å². The molecule has 6 nitrogen and oxygen atoms in total. The Hall–Kier alpha value is -1.66. The maximum atomic E-state index is 6.54. The average molecular weight is 313 g/mol. The fourth-order valence-corrected chi connectivity index (χ4v) is 5.15. The largest absolute Gasteiger partial charge is 0.369 e. The van der Waals surface area contributed by atoms with E-state index in [1.807, 2.05) is 12.4 Å². The van der Waals surface area contributed by atoms with Crippen LogP contribution < -0.4 is 4.90 Å². The van der Waals surface area contributed by atoms with Crippen molar-refractivity contribution in [1.29, 1.82) is 0 Å². The van der Waals surface area contributed by atoms with Crippen LogP contribution in [0.3, 0.4) is 0 Å². The highest BCUT2D eigenvalue weighted by Crippen LogP contribution is 2.55. The van der Waals surface area contributed by atoms with E-state index in [2.05, 4.69) is 45.1 Å². The number of aromatic nitrogens is 3. The van der Waals surface area contributed by atoms with Gasteiger partial charge in [-0.1, -0.05) is 0 Å². The molecular weight excluding hydrogens is 290 g/mol. The third-order valence-corrected chi connectivity index (χ3v) is 6.03. The second-order valence-electron chi connectivity index (χ2n) is 7.64. The minimum Gasteiger partial charge on any atom is -0.369 e. The minimum atomic E-state index is 0.0741. The Morgan fingerprint density at radius 2 is 2.39 bits per heavy atom. The predicted molar refractivity (Wildman–Crippen MR) is 88.5 cm³/mol. The van der Waals surface area contributed by atoms with Crippen molar-refractivity contribution in [2.24, 2.45) is 11.8 Å². The van der Waals surface area contributed by atoms with Gasteiger partial charge in [0.25, 0.3) is 0 Å². The summed E-state index contributed by atoms with van der Waals surface area (Å²) in [4.78, 5) is 9.17. The van der Waals surface area contributed by atoms with Crippen LogP contribution in [0, 0.1) is 11.8 Å². The first-order valence-electron chi connectivity index (χ1n) is 8.52. The number of H-pyrrole nitrogens is 1. The first kappa shape index (κ1) is 13.7. The molecular formula is C17H23N5O. The van der Waals surface area contributed by atoms with E-state index in [0.717, 1.165) is 30.7 Å². The van der Waals surface area contributed by atoms with E-state index >= 15 is 0 Å². The average Bonchev–Trinajstić information content (AvgIpc) is 3.26. The topological polar surface area (TPSA) is 57.3 Å². The van der Waals surface area contributed by atoms with Crippen LogP contribution in [0.5, 0.6) is 0 Å². The number of hydrogen-bond acceptors (Lipinski definition) is 5. The Morgan fingerprint density at radius 1 is 1.48 bits per heavy atom. The summed E-state index contributed by atoms with van der Waals surface area (Å²) in [5.41, 5.74) is 2.18. The summed E-state index contributed by atoms with van der Waals surface area (Å²) in [5.74, 6) is 1.30. The van der Waals surface area contributed by atoms with Gasteiger partial charge in [-0.3, -0.25) is 5.10 Å². The molecule has 0 aliphatic carbocycles. The zero-order valence-electron chi connectivity index (χ0n) is 13.7. The lowest BCUT2D eigenvalue weighted by molar-refractivity contribution is 0.0137. The van der Waals surface area contributed by atoms with Crippen LogP contribution in [0.2, 0.25) is 0 Å². The lowest BCUT2D eigenvalue weighted by atomic mass is 9.73. The molecule has 122 valence electrons. The number of nitrogens with zero attached hydrogens (tertiary/aromatic N) is 4. The fraction of sp³-hybridized carbons (Fsp3) is 0.647. The quantitative estimate of drug-likeness (QED) is 0.931. The Balaban J connectivity index is 1.49. The van der Waals surface area contributed by atoms with Gasteiger partial charge in [-0.2, -0.15) is 5.10 Å². The van der Waals surface area contributed by atoms with Crippen molar-refractivity contribution >= 4 is 16.7 Å². The van der Waals surface area contributed by atoms with Gasteiger partial charge in [0.1, 0.15) is 0 Å². The Kier molecular flexibility index (Phi) is 2.79. The Bertz CT molecular complexity index is 743. The summed E-state index contributed by atoms with van der Waals surface area (Å²) in [6, 6.07) is 2.11. The van der Waals surface area contributed by atoms with Crippen molar-refractivity contribution in [3.8, 4) is 0 Å². The summed E-state index contributed by atoms with van der Waals surface area (Å²) >= 11 is 0. The van der Waals surface area contributed by atoms with Crippen LogP contribution in [0.4, 0.5) is 5.69 Å². The summed E-state index contributed by atoms with van der Waals surface area (Å²) in [6.45, 7) is 3.21. The van der Waals surface area contributed by atoms with Crippen LogP contribution in [0.15, 0.2) is 18.5 Å². The second-order valence-corrected chi connectivity index (χ2v) is 7.64. The normalized spacial score (nSPS) is 35.6. The van der Waals surface area contributed by atoms with Gasteiger partial charge >= 0.3 is 0 Å². The Morgan fingerprint density at radius 3 is 3.26 bits per heavy atom. The molecule has 2 aromatic rings. The van der Waals surface area contributed by atoms with Crippen LogP contribution in [0.1, 0.15) is 12.8 Å². The molecule has 0 unspecified atom stereocenters. The molecule has 4 atom stereocenters. The molecule has 0 radical (unpaired) electrons. The molecule has 23 heavy (non-hydrogen) atoms. The standard InChI is InChI=1S/C17H23N5O/c1-21(2)8-12-13-9-22(10-17(13)5-3-15(12)23-17)14-4-6-18-16-11(14)7-19-20-16/h4,6-7,12-13,15H,3,5,8-10H2,1-2H3,(H,18,19,20)/t12-,13+,15+,17+/m1/s1. The van der Waals surface area contributed by atoms with Crippen LogP contribution >= 0.6 is 0 Å². The summed E-state index contributed by atoms with van der Waals surface area (Å²) in [7, 11) is 4.34. The highest BCUT2D eigenvalue weighted by atomic mass is 16.5. The van der Waals surface area contributed by atoms with Gasteiger partial charge in [0.2, 0.25) is 0 Å². The van der Waals surface area contributed by atoms with E-state index < -0.39 is 0 Å². The molecule has 3 aliphatic heterocycles. The summed E-state index contributed by atoms with van der Waals surface area (Å²) in [6.07, 6.45) is 6.66. The van der Waals surface area contributed by atoms with Gasteiger partial charge < -0.3 is 14.5 Å². The zero-order chi connectivity index (χ0) is 15.6. The van der Waals surface area contributed by atoms with Crippen LogP contribution in [-0.2, 0) is 4.74 Å². The molecule has 6 heteroatoms. The number of hydrogen-bond donors (Lipinski definition) is 1. The van der Waals surface area contributed by atoms with Crippen molar-refractivity contribution < 1.29 is 4.74 Å². The Labute approximate surface area is 135 Å². The number of aromatic amines is 1. The van der Waals surface area contributed by atoms with Crippen molar-refractivity contribution in [1.82, 2.24) is 20.1 Å². The van der Waals surface area contributed by atoms with Crippen molar-refractivity contribution in [2.45, 2.75) is 24.5 Å². The van der Waals surface area contributed by atoms with Gasteiger partial charge in [0, 0.05) is 37.7 Å². The zero-order valence-corrected chi connectivity index (χ0v) is 13.7. The van der Waals surface area contributed by atoms with Gasteiger partial charge in [-0.05, 0) is 33.0 Å². The number of rotatable bonds is 3. The first-order chi connectivity index (χ1) is 11.2. The number of nitrogens with one attached hydrogen (secondary N) is 1. The predicted octanol–water partition coefficient (Wildman–Crippen LogP) is 1.50. The lowest BCUT2D eigenvalue weighted by Gasteiger charge is -2.30.